The van der Waals surface area contributed by atoms with Crippen molar-refractivity contribution in [1.82, 2.24) is 5.32 Å². The van der Waals surface area contributed by atoms with Crippen molar-refractivity contribution in [2.75, 3.05) is 6.54 Å². The highest BCUT2D eigenvalue weighted by atomic mass is 35.5. The van der Waals surface area contributed by atoms with Gasteiger partial charge in [-0.1, -0.05) is 42.8 Å². The maximum Gasteiger partial charge on any atom is 0.123 e. The maximum absolute atomic E-state index is 13.0. The summed E-state index contributed by atoms with van der Waals surface area (Å²) in [4.78, 5) is 0. The van der Waals surface area contributed by atoms with Gasteiger partial charge >= 0.3 is 0 Å². The summed E-state index contributed by atoms with van der Waals surface area (Å²) in [5, 5.41) is 4.31. The molecule has 1 atom stereocenters. The lowest BCUT2D eigenvalue weighted by atomic mass is 9.97. The van der Waals surface area contributed by atoms with Gasteiger partial charge in [-0.3, -0.25) is 0 Å². The van der Waals surface area contributed by atoms with Crippen LogP contribution in [0, 0.1) is 12.7 Å². The monoisotopic (exact) mass is 305 g/mol. The summed E-state index contributed by atoms with van der Waals surface area (Å²) in [5.41, 5.74) is 3.35. The summed E-state index contributed by atoms with van der Waals surface area (Å²) in [6.07, 6.45) is 1.85. The fraction of sp³-hybridized carbons (Fsp3) is 0.333. The average molecular weight is 306 g/mol. The van der Waals surface area contributed by atoms with E-state index in [1.54, 1.807) is 0 Å². The lowest BCUT2D eigenvalue weighted by Crippen LogP contribution is -2.24. The van der Waals surface area contributed by atoms with Crippen molar-refractivity contribution >= 4 is 11.6 Å². The van der Waals surface area contributed by atoms with E-state index in [1.807, 2.05) is 25.1 Å². The standard InChI is InChI=1S/C18H21ClFN/c1-3-10-21-18(12-14-5-7-15(20)8-6-14)16-9-4-13(2)11-17(16)19/h4-9,11,18,21H,3,10,12H2,1-2H3. The second-order valence-electron chi connectivity index (χ2n) is 5.36. The molecule has 0 aliphatic carbocycles. The van der Waals surface area contributed by atoms with Gasteiger partial charge in [0.25, 0.3) is 0 Å². The molecule has 0 amide bonds. The van der Waals surface area contributed by atoms with E-state index in [9.17, 15) is 4.39 Å². The van der Waals surface area contributed by atoms with Gasteiger partial charge in [-0.15, -0.1) is 0 Å². The highest BCUT2D eigenvalue weighted by Crippen LogP contribution is 2.27. The Balaban J connectivity index is 2.22. The molecule has 0 saturated carbocycles. The number of halogens is 2. The van der Waals surface area contributed by atoms with Crippen molar-refractivity contribution in [3.05, 3.63) is 70.0 Å². The molecule has 0 spiro atoms. The van der Waals surface area contributed by atoms with Crippen molar-refractivity contribution in [2.24, 2.45) is 0 Å². The summed E-state index contributed by atoms with van der Waals surface area (Å²) in [6.45, 7) is 5.10. The number of hydrogen-bond acceptors (Lipinski definition) is 1. The molecule has 0 aromatic heterocycles. The second-order valence-corrected chi connectivity index (χ2v) is 5.77. The van der Waals surface area contributed by atoms with Crippen molar-refractivity contribution in [1.29, 1.82) is 0 Å². The molecule has 0 bridgehead atoms. The molecule has 1 nitrogen and oxygen atoms in total. The number of hydrogen-bond donors (Lipinski definition) is 1. The fourth-order valence-electron chi connectivity index (χ4n) is 2.38. The first-order valence-electron chi connectivity index (χ1n) is 7.34. The Kier molecular flexibility index (Phi) is 5.77. The normalized spacial score (nSPS) is 12.4. The molecule has 21 heavy (non-hydrogen) atoms. The van der Waals surface area contributed by atoms with E-state index in [0.717, 1.165) is 41.1 Å². The van der Waals surface area contributed by atoms with Gasteiger partial charge in [-0.05, 0) is 61.2 Å². The number of aryl methyl sites for hydroxylation is 1. The SMILES string of the molecule is CCCNC(Cc1ccc(F)cc1)c1ccc(C)cc1Cl. The van der Waals surface area contributed by atoms with E-state index in [1.165, 1.54) is 12.1 Å². The summed E-state index contributed by atoms with van der Waals surface area (Å²) >= 11 is 6.39. The van der Waals surface area contributed by atoms with Gasteiger partial charge in [0.15, 0.2) is 0 Å². The van der Waals surface area contributed by atoms with E-state index < -0.39 is 0 Å². The Morgan fingerprint density at radius 2 is 1.86 bits per heavy atom. The van der Waals surface area contributed by atoms with Crippen molar-refractivity contribution in [3.8, 4) is 0 Å². The highest BCUT2D eigenvalue weighted by Gasteiger charge is 2.15. The Labute approximate surface area is 131 Å². The van der Waals surface area contributed by atoms with Gasteiger partial charge in [0.05, 0.1) is 0 Å². The first kappa shape index (κ1) is 16.0. The van der Waals surface area contributed by atoms with Gasteiger partial charge in [0.2, 0.25) is 0 Å². The van der Waals surface area contributed by atoms with E-state index in [2.05, 4.69) is 24.4 Å². The van der Waals surface area contributed by atoms with Crippen molar-refractivity contribution < 1.29 is 4.39 Å². The number of rotatable bonds is 6. The Bertz CT molecular complexity index is 580. The number of benzene rings is 2. The quantitative estimate of drug-likeness (QED) is 0.785. The van der Waals surface area contributed by atoms with Gasteiger partial charge in [-0.25, -0.2) is 4.39 Å². The summed E-state index contributed by atoms with van der Waals surface area (Å²) < 4.78 is 13.0. The fourth-order valence-corrected chi connectivity index (χ4v) is 2.75. The molecular weight excluding hydrogens is 285 g/mol. The number of nitrogens with one attached hydrogen (secondary N) is 1. The van der Waals surface area contributed by atoms with Crippen LogP contribution in [0.2, 0.25) is 5.02 Å². The molecule has 0 aliphatic rings. The van der Waals surface area contributed by atoms with Crippen LogP contribution in [0.25, 0.3) is 0 Å². The Morgan fingerprint density at radius 3 is 2.48 bits per heavy atom. The molecule has 0 saturated heterocycles. The first-order valence-corrected chi connectivity index (χ1v) is 7.72. The van der Waals surface area contributed by atoms with Gasteiger partial charge in [0, 0.05) is 11.1 Å². The molecular formula is C18H21ClFN. The van der Waals surface area contributed by atoms with Crippen LogP contribution in [-0.4, -0.2) is 6.54 Å². The van der Waals surface area contributed by atoms with Crippen LogP contribution in [0.4, 0.5) is 4.39 Å². The third-order valence-corrected chi connectivity index (χ3v) is 3.85. The molecule has 2 aromatic rings. The van der Waals surface area contributed by atoms with Crippen LogP contribution in [0.3, 0.4) is 0 Å². The molecule has 0 radical (unpaired) electrons. The molecule has 0 heterocycles. The van der Waals surface area contributed by atoms with E-state index in [0.29, 0.717) is 0 Å². The average Bonchev–Trinajstić information content (AvgIpc) is 2.46. The zero-order valence-corrected chi connectivity index (χ0v) is 13.3. The molecule has 2 rings (SSSR count). The predicted octanol–water partition coefficient (Wildman–Crippen LogP) is 5.07. The molecule has 1 unspecified atom stereocenters. The third-order valence-electron chi connectivity index (χ3n) is 3.53. The van der Waals surface area contributed by atoms with Crippen LogP contribution in [-0.2, 0) is 6.42 Å². The van der Waals surface area contributed by atoms with Crippen LogP contribution < -0.4 is 5.32 Å². The zero-order valence-electron chi connectivity index (χ0n) is 12.5. The van der Waals surface area contributed by atoms with Gasteiger partial charge < -0.3 is 5.32 Å². The van der Waals surface area contributed by atoms with Crippen LogP contribution in [0.5, 0.6) is 0 Å². The molecule has 0 fully saturated rings. The van der Waals surface area contributed by atoms with Crippen LogP contribution in [0.15, 0.2) is 42.5 Å². The summed E-state index contributed by atoms with van der Waals surface area (Å²) in [6, 6.07) is 13.0. The lowest BCUT2D eigenvalue weighted by Gasteiger charge is -2.21. The molecule has 2 aromatic carbocycles. The van der Waals surface area contributed by atoms with Gasteiger partial charge in [-0.2, -0.15) is 0 Å². The third kappa shape index (κ3) is 4.55. The minimum Gasteiger partial charge on any atom is -0.310 e. The van der Waals surface area contributed by atoms with E-state index in [-0.39, 0.29) is 11.9 Å². The van der Waals surface area contributed by atoms with Gasteiger partial charge in [0.1, 0.15) is 5.82 Å². The predicted molar refractivity (Wildman–Crippen MR) is 87.3 cm³/mol. The Hall–Kier alpha value is -1.38. The maximum atomic E-state index is 13.0. The minimum absolute atomic E-state index is 0.142. The smallest absolute Gasteiger partial charge is 0.123 e. The lowest BCUT2D eigenvalue weighted by molar-refractivity contribution is 0.528. The van der Waals surface area contributed by atoms with E-state index >= 15 is 0 Å². The first-order chi connectivity index (χ1) is 10.1. The van der Waals surface area contributed by atoms with Crippen LogP contribution in [0.1, 0.15) is 36.1 Å². The zero-order chi connectivity index (χ0) is 15.2. The largest absolute Gasteiger partial charge is 0.310 e. The second kappa shape index (κ2) is 7.58. The summed E-state index contributed by atoms with van der Waals surface area (Å²) in [7, 11) is 0. The molecule has 3 heteroatoms. The van der Waals surface area contributed by atoms with Crippen molar-refractivity contribution in [3.63, 3.8) is 0 Å². The molecule has 112 valence electrons. The molecule has 1 N–H and O–H groups in total. The molecule has 0 aliphatic heterocycles. The van der Waals surface area contributed by atoms with Crippen molar-refractivity contribution in [2.45, 2.75) is 32.7 Å². The minimum atomic E-state index is -0.204. The summed E-state index contributed by atoms with van der Waals surface area (Å²) in [5.74, 6) is -0.204. The Morgan fingerprint density at radius 1 is 1.14 bits per heavy atom. The van der Waals surface area contributed by atoms with Crippen LogP contribution >= 0.6 is 11.6 Å². The topological polar surface area (TPSA) is 12.0 Å². The highest BCUT2D eigenvalue weighted by molar-refractivity contribution is 6.31. The van der Waals surface area contributed by atoms with E-state index in [4.69, 9.17) is 11.6 Å².